The first-order valence-electron chi connectivity index (χ1n) is 11.0. The van der Waals surface area contributed by atoms with E-state index in [0.717, 1.165) is 48.9 Å². The number of hydrogen-bond donors (Lipinski definition) is 1. The summed E-state index contributed by atoms with van der Waals surface area (Å²) in [5.74, 6) is -3.82. The van der Waals surface area contributed by atoms with Crippen molar-refractivity contribution in [3.63, 3.8) is 0 Å². The Labute approximate surface area is 212 Å². The van der Waals surface area contributed by atoms with E-state index in [2.05, 4.69) is 20.3 Å². The Bertz CT molecular complexity index is 1440. The molecule has 0 aliphatic carbocycles. The van der Waals surface area contributed by atoms with E-state index in [9.17, 15) is 39.6 Å². The Morgan fingerprint density at radius 1 is 1.08 bits per heavy atom. The van der Waals surface area contributed by atoms with E-state index in [1.165, 1.54) is 6.92 Å². The summed E-state index contributed by atoms with van der Waals surface area (Å²) >= 11 is 0. The highest BCUT2D eigenvalue weighted by atomic mass is 32.2. The van der Waals surface area contributed by atoms with Gasteiger partial charge >= 0.3 is 6.18 Å². The number of carbonyl (C=O) groups is 1. The van der Waals surface area contributed by atoms with E-state index in [0.29, 0.717) is 4.31 Å². The summed E-state index contributed by atoms with van der Waals surface area (Å²) in [5, 5.41) is 2.37. The van der Waals surface area contributed by atoms with E-state index >= 15 is 0 Å². The van der Waals surface area contributed by atoms with Gasteiger partial charge in [0.15, 0.2) is 0 Å². The van der Waals surface area contributed by atoms with Crippen molar-refractivity contribution in [2.24, 2.45) is 0 Å². The van der Waals surface area contributed by atoms with Crippen molar-refractivity contribution in [2.45, 2.75) is 49.2 Å². The Hall–Kier alpha value is -3.59. The number of halogens is 6. The van der Waals surface area contributed by atoms with Crippen molar-refractivity contribution in [3.05, 3.63) is 71.9 Å². The summed E-state index contributed by atoms with van der Waals surface area (Å²) in [4.78, 5) is 22.8. The molecule has 0 spiro atoms. The van der Waals surface area contributed by atoms with Gasteiger partial charge in [-0.05, 0) is 37.3 Å². The fraction of sp³-hybridized carbons (Fsp3) is 0.304. The van der Waals surface area contributed by atoms with Crippen LogP contribution in [0.5, 0.6) is 0 Å². The lowest BCUT2D eigenvalue weighted by molar-refractivity contribution is -0.145. The van der Waals surface area contributed by atoms with Crippen molar-refractivity contribution in [3.8, 4) is 11.3 Å². The van der Waals surface area contributed by atoms with Crippen LogP contribution in [0.15, 0.2) is 53.8 Å². The van der Waals surface area contributed by atoms with Crippen LogP contribution in [-0.4, -0.2) is 51.8 Å². The second-order valence-electron chi connectivity index (χ2n) is 8.47. The Morgan fingerprint density at radius 3 is 2.32 bits per heavy atom. The molecule has 0 saturated carbocycles. The maximum Gasteiger partial charge on any atom is 0.451 e. The molecule has 38 heavy (non-hydrogen) atoms. The van der Waals surface area contributed by atoms with Crippen molar-refractivity contribution < 1.29 is 39.6 Å². The van der Waals surface area contributed by atoms with Gasteiger partial charge in [-0.15, -0.1) is 0 Å². The molecule has 15 heteroatoms. The first-order chi connectivity index (χ1) is 17.8. The molecule has 1 saturated heterocycles. The number of nitrogens with one attached hydrogen (secondary N) is 1. The predicted octanol–water partition coefficient (Wildman–Crippen LogP) is 3.64. The molecule has 1 N–H and O–H groups in total. The molecule has 4 rings (SSSR count). The maximum atomic E-state index is 14.6. The van der Waals surface area contributed by atoms with E-state index < -0.39 is 70.8 Å². The molecule has 1 aliphatic heterocycles. The minimum Gasteiger partial charge on any atom is -0.351 e. The number of sulfonamides is 1. The van der Waals surface area contributed by atoms with Crippen LogP contribution in [-0.2, 0) is 27.5 Å². The lowest BCUT2D eigenvalue weighted by atomic mass is 10.1. The van der Waals surface area contributed by atoms with Gasteiger partial charge in [0, 0.05) is 36.5 Å². The summed E-state index contributed by atoms with van der Waals surface area (Å²) in [5.41, 5.74) is -0.0609. The third kappa shape index (κ3) is 5.48. The minimum absolute atomic E-state index is 0.0169. The van der Waals surface area contributed by atoms with Crippen molar-refractivity contribution >= 4 is 15.9 Å². The topological polar surface area (TPSA) is 105 Å². The highest BCUT2D eigenvalue weighted by molar-refractivity contribution is 7.89. The summed E-state index contributed by atoms with van der Waals surface area (Å²) in [6, 6.07) is 2.31. The SMILES string of the molecule is C[C@H]1[C@H](F)CC(C(=O)NCc2cc(-c3cnc(C(F)(F)F)nc3)ncc2F)N1S(=O)(=O)c1ccc(F)cc1. The molecular formula is C23H19F6N5O3S. The fourth-order valence-electron chi connectivity index (χ4n) is 3.98. The van der Waals surface area contributed by atoms with Gasteiger partial charge in [-0.1, -0.05) is 0 Å². The predicted molar refractivity (Wildman–Crippen MR) is 120 cm³/mol. The minimum atomic E-state index is -4.75. The number of carbonyl (C=O) groups excluding carboxylic acids is 1. The molecule has 1 aliphatic rings. The quantitative estimate of drug-likeness (QED) is 0.463. The highest BCUT2D eigenvalue weighted by Crippen LogP contribution is 2.33. The molecule has 3 aromatic rings. The number of aromatic nitrogens is 3. The average molecular weight is 559 g/mol. The molecule has 8 nitrogen and oxygen atoms in total. The average Bonchev–Trinajstić information content (AvgIpc) is 3.18. The second kappa shape index (κ2) is 10.3. The normalized spacial score (nSPS) is 20.4. The Morgan fingerprint density at radius 2 is 1.71 bits per heavy atom. The van der Waals surface area contributed by atoms with Gasteiger partial charge in [-0.3, -0.25) is 9.78 Å². The van der Waals surface area contributed by atoms with Gasteiger partial charge in [-0.25, -0.2) is 31.6 Å². The number of benzene rings is 1. The van der Waals surface area contributed by atoms with Gasteiger partial charge in [-0.2, -0.15) is 17.5 Å². The maximum absolute atomic E-state index is 14.6. The van der Waals surface area contributed by atoms with Crippen LogP contribution in [0.1, 0.15) is 24.7 Å². The van der Waals surface area contributed by atoms with E-state index in [4.69, 9.17) is 0 Å². The van der Waals surface area contributed by atoms with Gasteiger partial charge < -0.3 is 5.32 Å². The zero-order valence-corrected chi connectivity index (χ0v) is 20.3. The summed E-state index contributed by atoms with van der Waals surface area (Å²) in [7, 11) is -4.39. The second-order valence-corrected chi connectivity index (χ2v) is 10.3. The molecule has 1 aromatic carbocycles. The van der Waals surface area contributed by atoms with Crippen LogP contribution >= 0.6 is 0 Å². The van der Waals surface area contributed by atoms with E-state index in [1.807, 2.05) is 0 Å². The zero-order chi connectivity index (χ0) is 27.8. The summed E-state index contributed by atoms with van der Waals surface area (Å²) in [6.45, 7) is 0.827. The van der Waals surface area contributed by atoms with Crippen LogP contribution in [0.25, 0.3) is 11.3 Å². The Kier molecular flexibility index (Phi) is 7.43. The fourth-order valence-corrected chi connectivity index (χ4v) is 5.79. The summed E-state index contributed by atoms with van der Waals surface area (Å²) in [6.07, 6.45) is -4.38. The third-order valence-corrected chi connectivity index (χ3v) is 7.97. The Balaban J connectivity index is 1.53. The summed E-state index contributed by atoms with van der Waals surface area (Å²) < 4.78 is 107. The van der Waals surface area contributed by atoms with Gasteiger partial charge in [0.1, 0.15) is 23.8 Å². The van der Waals surface area contributed by atoms with Crippen LogP contribution in [0.3, 0.4) is 0 Å². The number of alkyl halides is 4. The highest BCUT2D eigenvalue weighted by Gasteiger charge is 2.49. The molecule has 0 radical (unpaired) electrons. The van der Waals surface area contributed by atoms with Gasteiger partial charge in [0.2, 0.25) is 21.8 Å². The molecule has 1 fully saturated rings. The largest absolute Gasteiger partial charge is 0.451 e. The van der Waals surface area contributed by atoms with E-state index in [-0.39, 0.29) is 21.7 Å². The molecule has 2 aromatic heterocycles. The van der Waals surface area contributed by atoms with Gasteiger partial charge in [0.05, 0.1) is 22.8 Å². The van der Waals surface area contributed by atoms with Crippen molar-refractivity contribution in [1.82, 2.24) is 24.6 Å². The van der Waals surface area contributed by atoms with Crippen molar-refractivity contribution in [1.29, 1.82) is 0 Å². The monoisotopic (exact) mass is 559 g/mol. The van der Waals surface area contributed by atoms with Crippen molar-refractivity contribution in [2.75, 3.05) is 0 Å². The molecule has 1 amide bonds. The lowest BCUT2D eigenvalue weighted by Gasteiger charge is -2.27. The van der Waals surface area contributed by atoms with Crippen LogP contribution in [0, 0.1) is 11.6 Å². The van der Waals surface area contributed by atoms with Crippen LogP contribution in [0.2, 0.25) is 0 Å². The van der Waals surface area contributed by atoms with Crippen LogP contribution in [0.4, 0.5) is 26.3 Å². The third-order valence-electron chi connectivity index (χ3n) is 5.96. The smallest absolute Gasteiger partial charge is 0.351 e. The lowest BCUT2D eigenvalue weighted by Crippen LogP contribution is -2.48. The van der Waals surface area contributed by atoms with E-state index in [1.54, 1.807) is 0 Å². The molecular weight excluding hydrogens is 540 g/mol. The number of rotatable bonds is 6. The molecule has 1 unspecified atom stereocenters. The first-order valence-corrected chi connectivity index (χ1v) is 12.5. The standard InChI is InChI=1S/C23H19F6N5O3S/c1-12-17(25)7-20(34(12)38(36,37)16-4-2-15(24)3-5-16)21(35)31-8-13-6-19(30-11-18(13)26)14-9-32-22(33-10-14)23(27,28)29/h2-6,9-12,17,20H,7-8H2,1H3,(H,31,35)/t12-,17+,20?/m0/s1. The van der Waals surface area contributed by atoms with Crippen LogP contribution < -0.4 is 5.32 Å². The first kappa shape index (κ1) is 27.4. The number of pyridine rings is 1. The molecule has 3 atom stereocenters. The molecule has 202 valence electrons. The number of hydrogen-bond acceptors (Lipinski definition) is 6. The number of amides is 1. The molecule has 0 bridgehead atoms. The zero-order valence-electron chi connectivity index (χ0n) is 19.5. The number of nitrogens with zero attached hydrogens (tertiary/aromatic N) is 4. The van der Waals surface area contributed by atoms with Gasteiger partial charge in [0.25, 0.3) is 0 Å². The molecule has 3 heterocycles.